The van der Waals surface area contributed by atoms with Gasteiger partial charge in [-0.15, -0.1) is 0 Å². The van der Waals surface area contributed by atoms with E-state index in [2.05, 4.69) is 0 Å². The summed E-state index contributed by atoms with van der Waals surface area (Å²) in [7, 11) is 0. The number of aryl methyl sites for hydroxylation is 1. The third-order valence-corrected chi connectivity index (χ3v) is 3.22. The highest BCUT2D eigenvalue weighted by Gasteiger charge is 2.23. The SMILES string of the molecule is Cc1c(C(=O)O)c(C(=O)O)c2ccccc2c1C. The fraction of sp³-hybridized carbons (Fsp3) is 0.143. The van der Waals surface area contributed by atoms with Crippen LogP contribution in [0.3, 0.4) is 0 Å². The summed E-state index contributed by atoms with van der Waals surface area (Å²) in [5, 5.41) is 19.7. The van der Waals surface area contributed by atoms with Gasteiger partial charge in [0.05, 0.1) is 11.1 Å². The molecular weight excluding hydrogens is 232 g/mol. The highest BCUT2D eigenvalue weighted by atomic mass is 16.4. The van der Waals surface area contributed by atoms with E-state index in [4.69, 9.17) is 0 Å². The molecule has 2 N–H and O–H groups in total. The van der Waals surface area contributed by atoms with Gasteiger partial charge in [-0.25, -0.2) is 9.59 Å². The predicted octanol–water partition coefficient (Wildman–Crippen LogP) is 2.85. The third kappa shape index (κ3) is 1.62. The molecule has 0 spiro atoms. The van der Waals surface area contributed by atoms with Crippen LogP contribution in [0, 0.1) is 13.8 Å². The summed E-state index contributed by atoms with van der Waals surface area (Å²) in [6.07, 6.45) is 0. The van der Waals surface area contributed by atoms with Crippen LogP contribution < -0.4 is 0 Å². The molecule has 0 aliphatic heterocycles. The van der Waals surface area contributed by atoms with Crippen LogP contribution in [0.2, 0.25) is 0 Å². The van der Waals surface area contributed by atoms with Crippen molar-refractivity contribution in [2.45, 2.75) is 13.8 Å². The van der Waals surface area contributed by atoms with Crippen molar-refractivity contribution in [3.05, 3.63) is 46.5 Å². The van der Waals surface area contributed by atoms with Crippen LogP contribution in [0.1, 0.15) is 31.8 Å². The van der Waals surface area contributed by atoms with Gasteiger partial charge in [-0.3, -0.25) is 0 Å². The summed E-state index contributed by atoms with van der Waals surface area (Å²) < 4.78 is 0. The van der Waals surface area contributed by atoms with E-state index in [9.17, 15) is 19.8 Å². The number of rotatable bonds is 2. The van der Waals surface area contributed by atoms with Gasteiger partial charge in [0.2, 0.25) is 0 Å². The molecule has 4 nitrogen and oxygen atoms in total. The Balaban J connectivity index is 3.08. The van der Waals surface area contributed by atoms with Gasteiger partial charge in [0.1, 0.15) is 0 Å². The molecule has 2 aromatic rings. The summed E-state index contributed by atoms with van der Waals surface area (Å²) in [4.78, 5) is 22.6. The Kier molecular flexibility index (Phi) is 2.79. The predicted molar refractivity (Wildman–Crippen MR) is 67.3 cm³/mol. The van der Waals surface area contributed by atoms with Crippen LogP contribution in [0.15, 0.2) is 24.3 Å². The molecule has 0 aliphatic rings. The Morgan fingerprint density at radius 2 is 1.33 bits per heavy atom. The molecule has 0 radical (unpaired) electrons. The van der Waals surface area contributed by atoms with Crippen LogP contribution in [-0.4, -0.2) is 22.2 Å². The molecule has 4 heteroatoms. The summed E-state index contributed by atoms with van der Waals surface area (Å²) >= 11 is 0. The van der Waals surface area contributed by atoms with Crippen molar-refractivity contribution in [1.82, 2.24) is 0 Å². The van der Waals surface area contributed by atoms with Gasteiger partial charge >= 0.3 is 11.9 Å². The van der Waals surface area contributed by atoms with Crippen molar-refractivity contribution in [3.8, 4) is 0 Å². The van der Waals surface area contributed by atoms with Crippen molar-refractivity contribution in [2.24, 2.45) is 0 Å². The van der Waals surface area contributed by atoms with Crippen molar-refractivity contribution in [2.75, 3.05) is 0 Å². The number of fused-ring (bicyclic) bond motifs is 1. The minimum Gasteiger partial charge on any atom is -0.478 e. The van der Waals surface area contributed by atoms with Gasteiger partial charge < -0.3 is 10.2 Å². The topological polar surface area (TPSA) is 74.6 Å². The largest absolute Gasteiger partial charge is 0.478 e. The van der Waals surface area contributed by atoms with Gasteiger partial charge in [0, 0.05) is 0 Å². The fourth-order valence-electron chi connectivity index (χ4n) is 2.23. The second-order valence-corrected chi connectivity index (χ2v) is 4.16. The molecule has 0 unspecified atom stereocenters. The molecule has 0 saturated heterocycles. The highest BCUT2D eigenvalue weighted by Crippen LogP contribution is 2.29. The second kappa shape index (κ2) is 4.14. The fourth-order valence-corrected chi connectivity index (χ4v) is 2.23. The lowest BCUT2D eigenvalue weighted by Gasteiger charge is -2.13. The van der Waals surface area contributed by atoms with E-state index in [1.807, 2.05) is 0 Å². The van der Waals surface area contributed by atoms with Crippen molar-refractivity contribution in [1.29, 1.82) is 0 Å². The Bertz CT molecular complexity index is 671. The lowest BCUT2D eigenvalue weighted by molar-refractivity contribution is 0.0652. The number of carboxylic acid groups (broad SMARTS) is 2. The number of carboxylic acids is 2. The lowest BCUT2D eigenvalue weighted by Crippen LogP contribution is -2.12. The van der Waals surface area contributed by atoms with Crippen LogP contribution in [-0.2, 0) is 0 Å². The molecule has 0 amide bonds. The summed E-state index contributed by atoms with van der Waals surface area (Å²) in [5.74, 6) is -2.43. The molecule has 18 heavy (non-hydrogen) atoms. The molecule has 2 rings (SSSR count). The monoisotopic (exact) mass is 244 g/mol. The number of benzene rings is 2. The van der Waals surface area contributed by atoms with E-state index in [1.54, 1.807) is 38.1 Å². The standard InChI is InChI=1S/C14H12O4/c1-7-8(2)11(13(15)16)12(14(17)18)10-6-4-3-5-9(7)10/h3-6H,1-2H3,(H,15,16)(H,17,18). The van der Waals surface area contributed by atoms with Crippen LogP contribution in [0.25, 0.3) is 10.8 Å². The van der Waals surface area contributed by atoms with E-state index in [1.165, 1.54) is 0 Å². The molecule has 0 saturated carbocycles. The molecule has 92 valence electrons. The first-order valence-electron chi connectivity index (χ1n) is 5.43. The number of hydrogen-bond donors (Lipinski definition) is 2. The van der Waals surface area contributed by atoms with Gasteiger partial charge in [-0.1, -0.05) is 24.3 Å². The maximum absolute atomic E-state index is 11.3. The summed E-state index contributed by atoms with van der Waals surface area (Å²) in [6, 6.07) is 6.95. The van der Waals surface area contributed by atoms with E-state index in [-0.39, 0.29) is 11.1 Å². The van der Waals surface area contributed by atoms with Gasteiger partial charge in [0.15, 0.2) is 0 Å². The third-order valence-electron chi connectivity index (χ3n) is 3.22. The normalized spacial score (nSPS) is 10.6. The Morgan fingerprint density at radius 1 is 0.833 bits per heavy atom. The first-order chi connectivity index (χ1) is 8.45. The molecule has 0 atom stereocenters. The van der Waals surface area contributed by atoms with Crippen molar-refractivity contribution in [3.63, 3.8) is 0 Å². The van der Waals surface area contributed by atoms with Crippen LogP contribution in [0.5, 0.6) is 0 Å². The maximum Gasteiger partial charge on any atom is 0.337 e. The summed E-state index contributed by atoms with van der Waals surface area (Å²) in [6.45, 7) is 3.44. The number of carbonyl (C=O) groups is 2. The molecule has 0 aliphatic carbocycles. The molecule has 0 bridgehead atoms. The molecule has 0 heterocycles. The van der Waals surface area contributed by atoms with E-state index in [0.29, 0.717) is 10.9 Å². The van der Waals surface area contributed by atoms with E-state index < -0.39 is 11.9 Å². The highest BCUT2D eigenvalue weighted by molar-refractivity contribution is 6.13. The van der Waals surface area contributed by atoms with Gasteiger partial charge in [-0.05, 0) is 35.7 Å². The average molecular weight is 244 g/mol. The Morgan fingerprint density at radius 3 is 1.83 bits per heavy atom. The summed E-state index contributed by atoms with van der Waals surface area (Å²) in [5.41, 5.74) is 1.03. The van der Waals surface area contributed by atoms with Crippen LogP contribution in [0.4, 0.5) is 0 Å². The minimum atomic E-state index is -1.22. The zero-order valence-electron chi connectivity index (χ0n) is 10.0. The van der Waals surface area contributed by atoms with Crippen molar-refractivity contribution < 1.29 is 19.8 Å². The Labute approximate surface area is 103 Å². The van der Waals surface area contributed by atoms with Crippen LogP contribution >= 0.6 is 0 Å². The quantitative estimate of drug-likeness (QED) is 0.851. The second-order valence-electron chi connectivity index (χ2n) is 4.16. The van der Waals surface area contributed by atoms with E-state index in [0.717, 1.165) is 10.9 Å². The first-order valence-corrected chi connectivity index (χ1v) is 5.43. The molecular formula is C14H12O4. The minimum absolute atomic E-state index is 0.126. The average Bonchev–Trinajstić information content (AvgIpc) is 2.32. The zero-order chi connectivity index (χ0) is 13.4. The number of hydrogen-bond acceptors (Lipinski definition) is 2. The smallest absolute Gasteiger partial charge is 0.337 e. The van der Waals surface area contributed by atoms with Crippen molar-refractivity contribution >= 4 is 22.7 Å². The maximum atomic E-state index is 11.3. The zero-order valence-corrected chi connectivity index (χ0v) is 10.0. The van der Waals surface area contributed by atoms with Gasteiger partial charge in [-0.2, -0.15) is 0 Å². The van der Waals surface area contributed by atoms with E-state index >= 15 is 0 Å². The molecule has 0 aromatic heterocycles. The number of aromatic carboxylic acids is 2. The lowest BCUT2D eigenvalue weighted by atomic mass is 9.90. The van der Waals surface area contributed by atoms with Gasteiger partial charge in [0.25, 0.3) is 0 Å². The molecule has 2 aromatic carbocycles. The Hall–Kier alpha value is -2.36. The molecule has 0 fully saturated rings. The first kappa shape index (κ1) is 12.1.